The van der Waals surface area contributed by atoms with Crippen LogP contribution in [0.2, 0.25) is 0 Å². The quantitative estimate of drug-likeness (QED) is 0.242. The Hall–Kier alpha value is -2.29. The predicted octanol–water partition coefficient (Wildman–Crippen LogP) is 5.97. The van der Waals surface area contributed by atoms with Crippen molar-refractivity contribution in [2.45, 2.75) is 41.5 Å². The number of fused-ring (bicyclic) bond motifs is 1. The summed E-state index contributed by atoms with van der Waals surface area (Å²) in [6.07, 6.45) is 1.17. The van der Waals surface area contributed by atoms with Crippen molar-refractivity contribution in [2.75, 3.05) is 0 Å². The van der Waals surface area contributed by atoms with Crippen LogP contribution in [-0.2, 0) is 24.9 Å². The Morgan fingerprint density at radius 2 is 1.64 bits per heavy atom. The zero-order valence-electron chi connectivity index (χ0n) is 17.2. The zero-order chi connectivity index (χ0) is 20.1. The molecule has 0 saturated carbocycles. The van der Waals surface area contributed by atoms with Gasteiger partial charge in [-0.15, -0.1) is 34.9 Å². The van der Waals surface area contributed by atoms with Crippen LogP contribution in [0.15, 0.2) is 48.2 Å². The molecule has 2 aromatic carbocycles. The molecule has 4 heteroatoms. The molecule has 3 aromatic rings. The second-order valence-corrected chi connectivity index (χ2v) is 6.98. The Morgan fingerprint density at radius 3 is 2.18 bits per heavy atom. The van der Waals surface area contributed by atoms with Crippen molar-refractivity contribution in [1.82, 2.24) is 4.98 Å². The maximum Gasteiger partial charge on any atom is 0.155 e. The number of carbonyl (C=O) groups is 1. The number of carbonyl (C=O) groups excluding carboxylic acids is 1. The maximum atomic E-state index is 10.0. The van der Waals surface area contributed by atoms with Gasteiger partial charge in [0.25, 0.3) is 0 Å². The Labute approximate surface area is 180 Å². The van der Waals surface area contributed by atoms with E-state index in [1.54, 1.807) is 0 Å². The van der Waals surface area contributed by atoms with Crippen molar-refractivity contribution >= 4 is 16.7 Å². The van der Waals surface area contributed by atoms with E-state index in [-0.39, 0.29) is 31.6 Å². The number of hydrogen-bond acceptors (Lipinski definition) is 3. The summed E-state index contributed by atoms with van der Waals surface area (Å²) in [6.45, 7) is 11.3. The molecule has 1 N–H and O–H groups in total. The van der Waals surface area contributed by atoms with Crippen LogP contribution in [0.4, 0.5) is 0 Å². The van der Waals surface area contributed by atoms with Crippen LogP contribution in [0.5, 0.6) is 0 Å². The fourth-order valence-corrected chi connectivity index (χ4v) is 2.87. The zero-order valence-corrected chi connectivity index (χ0v) is 19.6. The summed E-state index contributed by atoms with van der Waals surface area (Å²) in [5.74, 6) is -0.0625. The van der Waals surface area contributed by atoms with E-state index in [1.807, 2.05) is 0 Å². The standard InChI is InChI=1S/C19H18N.C5H8O2.Ir/c1-12-7-13(2)9-17(8-12)18-6-5-16-10-14(3)15(4)11-19(16)20-18;1-4(6)3-5(2)7;/h5-8,10-11H,1-4H3;3,6H,1-2H3;/q-1;;/b;4-3-;. The van der Waals surface area contributed by atoms with Crippen molar-refractivity contribution in [2.24, 2.45) is 0 Å². The van der Waals surface area contributed by atoms with Gasteiger partial charge in [-0.1, -0.05) is 26.0 Å². The van der Waals surface area contributed by atoms with E-state index >= 15 is 0 Å². The molecule has 3 rings (SSSR count). The number of nitrogens with zero attached hydrogens (tertiary/aromatic N) is 1. The summed E-state index contributed by atoms with van der Waals surface area (Å²) in [5, 5.41) is 9.56. The molecule has 149 valence electrons. The molecule has 0 unspecified atom stereocenters. The molecule has 0 saturated heterocycles. The van der Waals surface area contributed by atoms with Crippen LogP contribution >= 0.6 is 0 Å². The van der Waals surface area contributed by atoms with Crippen LogP contribution < -0.4 is 0 Å². The molecule has 0 spiro atoms. The molecule has 0 bridgehead atoms. The first-order valence-corrected chi connectivity index (χ1v) is 8.92. The van der Waals surface area contributed by atoms with Crippen molar-refractivity contribution in [1.29, 1.82) is 0 Å². The number of ketones is 1. The van der Waals surface area contributed by atoms with Crippen LogP contribution in [0.25, 0.3) is 22.2 Å². The van der Waals surface area contributed by atoms with Gasteiger partial charge >= 0.3 is 0 Å². The van der Waals surface area contributed by atoms with E-state index in [1.165, 1.54) is 42.0 Å². The first-order chi connectivity index (χ1) is 12.7. The van der Waals surface area contributed by atoms with Crippen molar-refractivity contribution in [3.8, 4) is 11.3 Å². The monoisotopic (exact) mass is 553 g/mol. The number of benzene rings is 2. The fourth-order valence-electron chi connectivity index (χ4n) is 2.87. The summed E-state index contributed by atoms with van der Waals surface area (Å²) in [5.41, 5.74) is 8.12. The SMILES string of the molecule is CC(=O)/C=C(/C)O.Cc1[c-]c(-c2ccc3cc(C)c(C)cc3n2)cc(C)c1.[Ir]. The van der Waals surface area contributed by atoms with E-state index in [4.69, 9.17) is 10.1 Å². The van der Waals surface area contributed by atoms with Gasteiger partial charge in [0.1, 0.15) is 0 Å². The van der Waals surface area contributed by atoms with Crippen LogP contribution in [0, 0.1) is 33.8 Å². The number of pyridine rings is 1. The molecule has 0 aliphatic carbocycles. The normalized spacial score (nSPS) is 10.7. The summed E-state index contributed by atoms with van der Waals surface area (Å²) in [4.78, 5) is 14.8. The van der Waals surface area contributed by atoms with Gasteiger partial charge < -0.3 is 5.11 Å². The molecule has 0 fully saturated rings. The van der Waals surface area contributed by atoms with E-state index < -0.39 is 0 Å². The van der Waals surface area contributed by atoms with Gasteiger partial charge in [-0.2, -0.15) is 0 Å². The summed E-state index contributed by atoms with van der Waals surface area (Å²) in [6, 6.07) is 16.3. The van der Waals surface area contributed by atoms with E-state index in [2.05, 4.69) is 70.2 Å². The van der Waals surface area contributed by atoms with E-state index in [0.717, 1.165) is 22.3 Å². The summed E-state index contributed by atoms with van der Waals surface area (Å²) < 4.78 is 0. The van der Waals surface area contributed by atoms with Gasteiger partial charge in [0.05, 0.1) is 11.3 Å². The largest absolute Gasteiger partial charge is 0.512 e. The maximum absolute atomic E-state index is 10.0. The molecule has 3 nitrogen and oxygen atoms in total. The van der Waals surface area contributed by atoms with E-state index in [9.17, 15) is 4.79 Å². The number of rotatable bonds is 2. The van der Waals surface area contributed by atoms with Gasteiger partial charge in [0.15, 0.2) is 5.78 Å². The minimum absolute atomic E-state index is 0. The van der Waals surface area contributed by atoms with Gasteiger partial charge in [-0.3, -0.25) is 9.78 Å². The van der Waals surface area contributed by atoms with Crippen molar-refractivity contribution in [3.05, 3.63) is 76.6 Å². The molecular weight excluding hydrogens is 526 g/mol. The van der Waals surface area contributed by atoms with Crippen molar-refractivity contribution < 1.29 is 30.0 Å². The Bertz CT molecular complexity index is 998. The smallest absolute Gasteiger partial charge is 0.155 e. The molecular formula is C24H26IrNO2-. The minimum atomic E-state index is -0.125. The molecule has 1 heterocycles. The van der Waals surface area contributed by atoms with Gasteiger partial charge in [0, 0.05) is 26.2 Å². The Morgan fingerprint density at radius 1 is 1.00 bits per heavy atom. The summed E-state index contributed by atoms with van der Waals surface area (Å²) in [7, 11) is 0. The average molecular weight is 553 g/mol. The second-order valence-electron chi connectivity index (χ2n) is 6.98. The topological polar surface area (TPSA) is 50.2 Å². The fraction of sp³-hybridized carbons (Fsp3) is 0.250. The van der Waals surface area contributed by atoms with Crippen molar-refractivity contribution in [3.63, 3.8) is 0 Å². The number of allylic oxidation sites excluding steroid dienone is 2. The minimum Gasteiger partial charge on any atom is -0.512 e. The second kappa shape index (κ2) is 10.3. The van der Waals surface area contributed by atoms with Crippen LogP contribution in [0.1, 0.15) is 36.1 Å². The molecule has 0 atom stereocenters. The number of hydrogen-bond donors (Lipinski definition) is 1. The number of aryl methyl sites for hydroxylation is 4. The number of aliphatic hydroxyl groups excluding tert-OH is 1. The molecule has 0 amide bonds. The van der Waals surface area contributed by atoms with Gasteiger partial charge in [-0.25, -0.2) is 0 Å². The third kappa shape index (κ3) is 6.70. The van der Waals surface area contributed by atoms with Gasteiger partial charge in [-0.05, 0) is 62.0 Å². The first kappa shape index (κ1) is 23.7. The number of aromatic nitrogens is 1. The predicted molar refractivity (Wildman–Crippen MR) is 112 cm³/mol. The average Bonchev–Trinajstić information content (AvgIpc) is 2.54. The van der Waals surface area contributed by atoms with Crippen LogP contribution in [-0.4, -0.2) is 15.9 Å². The third-order valence-electron chi connectivity index (χ3n) is 4.14. The number of aliphatic hydroxyl groups is 1. The Balaban J connectivity index is 0.000000425. The first-order valence-electron chi connectivity index (χ1n) is 8.92. The molecule has 1 radical (unpaired) electrons. The van der Waals surface area contributed by atoms with Gasteiger partial charge in [0.2, 0.25) is 0 Å². The van der Waals surface area contributed by atoms with E-state index in [0.29, 0.717) is 0 Å². The molecule has 0 aliphatic rings. The molecule has 28 heavy (non-hydrogen) atoms. The Kier molecular flexibility index (Phi) is 8.74. The third-order valence-corrected chi connectivity index (χ3v) is 4.14. The molecule has 0 aliphatic heterocycles. The van der Waals surface area contributed by atoms with Crippen LogP contribution in [0.3, 0.4) is 0 Å². The molecule has 1 aromatic heterocycles. The summed E-state index contributed by atoms with van der Waals surface area (Å²) >= 11 is 0.